The average molecular weight is 215 g/mol. The first-order valence-corrected chi connectivity index (χ1v) is 5.16. The molecule has 5 heteroatoms. The van der Waals surface area contributed by atoms with Gasteiger partial charge in [0.1, 0.15) is 0 Å². The quantitative estimate of drug-likeness (QED) is 0.275. The second kappa shape index (κ2) is 4.59. The minimum Gasteiger partial charge on any atom is -0.399 e. The van der Waals surface area contributed by atoms with Gasteiger partial charge in [-0.05, 0) is 36.2 Å². The van der Waals surface area contributed by atoms with E-state index in [9.17, 15) is 0 Å². The van der Waals surface area contributed by atoms with Gasteiger partial charge in [-0.1, -0.05) is 5.11 Å². The van der Waals surface area contributed by atoms with Crippen LogP contribution in [0.15, 0.2) is 35.6 Å². The number of anilines is 1. The third kappa shape index (κ3) is 2.10. The molecular formula is C11H13N5. The first kappa shape index (κ1) is 10.4. The van der Waals surface area contributed by atoms with E-state index < -0.39 is 0 Å². The monoisotopic (exact) mass is 215 g/mol. The number of aromatic nitrogens is 1. The van der Waals surface area contributed by atoms with E-state index >= 15 is 0 Å². The number of hydrogen-bond donors (Lipinski definition) is 1. The standard InChI is InChI=1S/C11H13N5/c12-10-2-3-11-9(8-10)4-7-16(11)6-1-5-14-15-13/h2-4,7-8H,1,5-6,12H2. The van der Waals surface area contributed by atoms with Crippen molar-refractivity contribution in [1.82, 2.24) is 4.57 Å². The minimum atomic E-state index is 0.533. The summed E-state index contributed by atoms with van der Waals surface area (Å²) in [6.45, 7) is 1.39. The molecule has 0 radical (unpaired) electrons. The molecule has 0 bridgehead atoms. The number of fused-ring (bicyclic) bond motifs is 1. The van der Waals surface area contributed by atoms with E-state index in [2.05, 4.69) is 14.6 Å². The van der Waals surface area contributed by atoms with Gasteiger partial charge in [0, 0.05) is 40.8 Å². The largest absolute Gasteiger partial charge is 0.399 e. The van der Waals surface area contributed by atoms with E-state index in [0.717, 1.165) is 29.6 Å². The van der Waals surface area contributed by atoms with E-state index in [-0.39, 0.29) is 0 Å². The Morgan fingerprint density at radius 3 is 3.06 bits per heavy atom. The summed E-state index contributed by atoms with van der Waals surface area (Å²) < 4.78 is 2.14. The predicted octanol–water partition coefficient (Wildman–Crippen LogP) is 2.92. The van der Waals surface area contributed by atoms with Crippen molar-refractivity contribution >= 4 is 16.6 Å². The fourth-order valence-corrected chi connectivity index (χ4v) is 1.77. The van der Waals surface area contributed by atoms with Gasteiger partial charge in [0.25, 0.3) is 0 Å². The Kier molecular flexibility index (Phi) is 2.98. The lowest BCUT2D eigenvalue weighted by molar-refractivity contribution is 0.669. The Labute approximate surface area is 93.1 Å². The molecule has 2 N–H and O–H groups in total. The van der Waals surface area contributed by atoms with Gasteiger partial charge in [-0.2, -0.15) is 0 Å². The number of azide groups is 1. The second-order valence-electron chi connectivity index (χ2n) is 3.64. The van der Waals surface area contributed by atoms with Crippen LogP contribution in [0.3, 0.4) is 0 Å². The van der Waals surface area contributed by atoms with Crippen LogP contribution >= 0.6 is 0 Å². The number of rotatable bonds is 4. The SMILES string of the molecule is [N-]=[N+]=NCCCn1ccc2cc(N)ccc21. The van der Waals surface area contributed by atoms with Gasteiger partial charge in [-0.25, -0.2) is 0 Å². The molecule has 2 aromatic rings. The summed E-state index contributed by atoms with van der Waals surface area (Å²) in [7, 11) is 0. The van der Waals surface area contributed by atoms with Crippen molar-refractivity contribution in [3.05, 3.63) is 40.9 Å². The van der Waals surface area contributed by atoms with E-state index in [0.29, 0.717) is 6.54 Å². The highest BCUT2D eigenvalue weighted by atomic mass is 15.1. The van der Waals surface area contributed by atoms with Gasteiger partial charge in [0.15, 0.2) is 0 Å². The van der Waals surface area contributed by atoms with Crippen LogP contribution in [0.5, 0.6) is 0 Å². The molecule has 0 atom stereocenters. The molecule has 1 aromatic heterocycles. The summed E-state index contributed by atoms with van der Waals surface area (Å²) in [5.74, 6) is 0. The van der Waals surface area contributed by atoms with E-state index in [1.807, 2.05) is 30.5 Å². The van der Waals surface area contributed by atoms with Crippen LogP contribution < -0.4 is 5.73 Å². The van der Waals surface area contributed by atoms with Gasteiger partial charge < -0.3 is 10.3 Å². The van der Waals surface area contributed by atoms with Crippen LogP contribution in [-0.2, 0) is 6.54 Å². The van der Waals surface area contributed by atoms with Crippen molar-refractivity contribution in [3.63, 3.8) is 0 Å². The highest BCUT2D eigenvalue weighted by Crippen LogP contribution is 2.18. The first-order valence-electron chi connectivity index (χ1n) is 5.16. The summed E-state index contributed by atoms with van der Waals surface area (Å²) in [5.41, 5.74) is 15.8. The van der Waals surface area contributed by atoms with Crippen LogP contribution in [0.25, 0.3) is 21.3 Å². The summed E-state index contributed by atoms with van der Waals surface area (Å²) in [4.78, 5) is 2.73. The third-order valence-electron chi connectivity index (χ3n) is 2.52. The van der Waals surface area contributed by atoms with Crippen LogP contribution in [0.1, 0.15) is 6.42 Å². The zero-order valence-electron chi connectivity index (χ0n) is 8.87. The average Bonchev–Trinajstić information content (AvgIpc) is 2.67. The molecule has 82 valence electrons. The highest BCUT2D eigenvalue weighted by molar-refractivity contribution is 5.83. The topological polar surface area (TPSA) is 79.7 Å². The lowest BCUT2D eigenvalue weighted by Crippen LogP contribution is -1.97. The molecule has 0 amide bonds. The van der Waals surface area contributed by atoms with E-state index in [1.54, 1.807) is 0 Å². The van der Waals surface area contributed by atoms with Crippen molar-refractivity contribution in [2.24, 2.45) is 5.11 Å². The fourth-order valence-electron chi connectivity index (χ4n) is 1.77. The van der Waals surface area contributed by atoms with Crippen LogP contribution in [0.4, 0.5) is 5.69 Å². The lowest BCUT2D eigenvalue weighted by Gasteiger charge is -2.03. The van der Waals surface area contributed by atoms with Crippen LogP contribution in [0, 0.1) is 0 Å². The van der Waals surface area contributed by atoms with E-state index in [4.69, 9.17) is 11.3 Å². The van der Waals surface area contributed by atoms with Gasteiger partial charge in [-0.15, -0.1) is 0 Å². The maximum Gasteiger partial charge on any atom is 0.0481 e. The second-order valence-corrected chi connectivity index (χ2v) is 3.64. The number of nitrogen functional groups attached to an aromatic ring is 1. The van der Waals surface area contributed by atoms with E-state index in [1.165, 1.54) is 0 Å². The highest BCUT2D eigenvalue weighted by Gasteiger charge is 2.00. The van der Waals surface area contributed by atoms with Crippen molar-refractivity contribution < 1.29 is 0 Å². The van der Waals surface area contributed by atoms with Crippen molar-refractivity contribution in [3.8, 4) is 0 Å². The maximum atomic E-state index is 8.16. The molecule has 5 nitrogen and oxygen atoms in total. The van der Waals surface area contributed by atoms with Gasteiger partial charge in [0.05, 0.1) is 0 Å². The van der Waals surface area contributed by atoms with Crippen molar-refractivity contribution in [2.45, 2.75) is 13.0 Å². The molecule has 1 heterocycles. The molecule has 16 heavy (non-hydrogen) atoms. The molecule has 0 fully saturated rings. The normalized spacial score (nSPS) is 10.2. The number of nitrogens with zero attached hydrogens (tertiary/aromatic N) is 4. The summed E-state index contributed by atoms with van der Waals surface area (Å²) in [5, 5.41) is 4.66. The summed E-state index contributed by atoms with van der Waals surface area (Å²) in [6.07, 6.45) is 2.87. The zero-order valence-corrected chi connectivity index (χ0v) is 8.87. The number of nitrogens with two attached hydrogens (primary N) is 1. The first-order chi connectivity index (χ1) is 7.81. The molecule has 0 aliphatic heterocycles. The number of aryl methyl sites for hydroxylation is 1. The van der Waals surface area contributed by atoms with Gasteiger partial charge >= 0.3 is 0 Å². The maximum absolute atomic E-state index is 8.16. The molecule has 0 spiro atoms. The Balaban J connectivity index is 2.15. The van der Waals surface area contributed by atoms with Gasteiger partial charge in [-0.3, -0.25) is 0 Å². The Hall–Kier alpha value is -2.13. The Morgan fingerprint density at radius 1 is 1.38 bits per heavy atom. The molecule has 0 saturated carbocycles. The van der Waals surface area contributed by atoms with Crippen LogP contribution in [-0.4, -0.2) is 11.1 Å². The number of hydrogen-bond acceptors (Lipinski definition) is 2. The summed E-state index contributed by atoms with van der Waals surface area (Å²) >= 11 is 0. The number of benzene rings is 1. The predicted molar refractivity (Wildman–Crippen MR) is 65.0 cm³/mol. The molecule has 0 unspecified atom stereocenters. The third-order valence-corrected chi connectivity index (χ3v) is 2.52. The lowest BCUT2D eigenvalue weighted by atomic mass is 10.2. The zero-order chi connectivity index (χ0) is 11.4. The van der Waals surface area contributed by atoms with Crippen molar-refractivity contribution in [1.29, 1.82) is 0 Å². The molecule has 1 aromatic carbocycles. The smallest absolute Gasteiger partial charge is 0.0481 e. The van der Waals surface area contributed by atoms with Crippen molar-refractivity contribution in [2.75, 3.05) is 12.3 Å². The fraction of sp³-hybridized carbons (Fsp3) is 0.273. The summed E-state index contributed by atoms with van der Waals surface area (Å²) in [6, 6.07) is 7.91. The van der Waals surface area contributed by atoms with Gasteiger partial charge in [0.2, 0.25) is 0 Å². The molecule has 0 aliphatic carbocycles. The molecule has 0 saturated heterocycles. The molecular weight excluding hydrogens is 202 g/mol. The Morgan fingerprint density at radius 2 is 2.25 bits per heavy atom. The van der Waals surface area contributed by atoms with Crippen LogP contribution in [0.2, 0.25) is 0 Å². The molecule has 0 aliphatic rings. The molecule has 2 rings (SSSR count). The Bertz CT molecular complexity index is 536. The minimum absolute atomic E-state index is 0.533.